The Labute approximate surface area is 234 Å². The Morgan fingerprint density at radius 2 is 1.75 bits per heavy atom. The van der Waals surface area contributed by atoms with Gasteiger partial charge in [0.2, 0.25) is 11.8 Å². The van der Waals surface area contributed by atoms with Crippen LogP contribution in [0.3, 0.4) is 0 Å². The van der Waals surface area contributed by atoms with E-state index >= 15 is 0 Å². The normalized spacial score (nSPS) is 15.5. The number of carbonyl (C=O) groups excluding carboxylic acids is 3. The predicted molar refractivity (Wildman–Crippen MR) is 152 cm³/mol. The van der Waals surface area contributed by atoms with Crippen LogP contribution >= 0.6 is 11.8 Å². The van der Waals surface area contributed by atoms with Gasteiger partial charge in [0.25, 0.3) is 5.91 Å². The minimum absolute atomic E-state index is 0.0297. The zero-order valence-corrected chi connectivity index (χ0v) is 22.4. The van der Waals surface area contributed by atoms with Crippen molar-refractivity contribution in [2.45, 2.75) is 25.4 Å². The van der Waals surface area contributed by atoms with E-state index in [9.17, 15) is 18.8 Å². The van der Waals surface area contributed by atoms with Gasteiger partial charge in [0, 0.05) is 18.5 Å². The third kappa shape index (κ3) is 6.04. The highest BCUT2D eigenvalue weighted by Crippen LogP contribution is 2.35. The van der Waals surface area contributed by atoms with Crippen LogP contribution in [0.5, 0.6) is 5.75 Å². The lowest BCUT2D eigenvalue weighted by molar-refractivity contribution is -0.122. The van der Waals surface area contributed by atoms with E-state index in [0.29, 0.717) is 33.7 Å². The molecule has 2 aliphatic heterocycles. The molecular formula is C29H26FN5O4S. The number of ether oxygens (including phenoxy) is 1. The maximum atomic E-state index is 13.1. The van der Waals surface area contributed by atoms with Crippen molar-refractivity contribution in [2.75, 3.05) is 18.2 Å². The van der Waals surface area contributed by atoms with E-state index in [1.54, 1.807) is 35.2 Å². The van der Waals surface area contributed by atoms with Crippen LogP contribution < -0.4 is 15.4 Å². The summed E-state index contributed by atoms with van der Waals surface area (Å²) in [6.07, 6.45) is 0.279. The first kappa shape index (κ1) is 27.1. The number of aliphatic imine (C=N–C) groups is 2. The van der Waals surface area contributed by atoms with E-state index < -0.39 is 6.04 Å². The van der Waals surface area contributed by atoms with Gasteiger partial charge in [-0.3, -0.25) is 19.3 Å². The molecule has 3 aromatic rings. The van der Waals surface area contributed by atoms with Gasteiger partial charge in [-0.05, 0) is 48.4 Å². The summed E-state index contributed by atoms with van der Waals surface area (Å²) in [6.45, 7) is 0.250. The Bertz CT molecular complexity index is 1510. The van der Waals surface area contributed by atoms with Crippen LogP contribution in [-0.4, -0.2) is 52.5 Å². The summed E-state index contributed by atoms with van der Waals surface area (Å²) in [5, 5.41) is 6.10. The Kier molecular flexibility index (Phi) is 8.20. The number of benzene rings is 3. The van der Waals surface area contributed by atoms with Gasteiger partial charge in [-0.25, -0.2) is 9.38 Å². The molecule has 11 heteroatoms. The number of hydrogen-bond acceptors (Lipinski definition) is 7. The van der Waals surface area contributed by atoms with Crippen molar-refractivity contribution in [1.82, 2.24) is 10.2 Å². The van der Waals surface area contributed by atoms with Crippen LogP contribution in [-0.2, 0) is 20.9 Å². The Balaban J connectivity index is 1.27. The van der Waals surface area contributed by atoms with Crippen molar-refractivity contribution in [3.63, 3.8) is 0 Å². The standard InChI is InChI=1S/C29H26FN5O4S/c1-39-24-9-5-4-8-22(24)32-26(37)17-40-29-33-21-7-3-2-6-20(21)27-34-28(38)23(35(27)29)14-15-25(36)31-16-18-10-12-19(30)13-11-18/h2-13,23H,14-17H2,1H3,(H,31,36)(H,32,37). The molecule has 1 unspecified atom stereocenters. The Morgan fingerprint density at radius 1 is 1.00 bits per heavy atom. The monoisotopic (exact) mass is 559 g/mol. The zero-order chi connectivity index (χ0) is 28.1. The number of anilines is 1. The highest BCUT2D eigenvalue weighted by molar-refractivity contribution is 8.14. The molecule has 0 bridgehead atoms. The van der Waals surface area contributed by atoms with Crippen molar-refractivity contribution >= 4 is 51.9 Å². The van der Waals surface area contributed by atoms with Gasteiger partial charge < -0.3 is 15.4 Å². The fourth-order valence-electron chi connectivity index (χ4n) is 4.40. The van der Waals surface area contributed by atoms with Crippen molar-refractivity contribution in [3.05, 3.63) is 89.7 Å². The van der Waals surface area contributed by atoms with Gasteiger partial charge in [0.05, 0.1) is 24.2 Å². The Morgan fingerprint density at radius 3 is 2.55 bits per heavy atom. The van der Waals surface area contributed by atoms with Crippen LogP contribution in [0.25, 0.3) is 0 Å². The average molecular weight is 560 g/mol. The van der Waals surface area contributed by atoms with Crippen LogP contribution in [0, 0.1) is 5.82 Å². The SMILES string of the molecule is COc1ccccc1NC(=O)CSC1=Nc2ccccc2C2=NC(=O)C(CCC(=O)NCc3ccc(F)cc3)N12. The van der Waals surface area contributed by atoms with Gasteiger partial charge in [-0.2, -0.15) is 4.99 Å². The topological polar surface area (TPSA) is 112 Å². The van der Waals surface area contributed by atoms with Crippen LogP contribution in [0.4, 0.5) is 15.8 Å². The fraction of sp³-hybridized carbons (Fsp3) is 0.207. The van der Waals surface area contributed by atoms with E-state index in [1.807, 2.05) is 30.3 Å². The van der Waals surface area contributed by atoms with E-state index in [0.717, 1.165) is 5.56 Å². The molecule has 2 aliphatic rings. The fourth-order valence-corrected chi connectivity index (χ4v) is 5.25. The summed E-state index contributed by atoms with van der Waals surface area (Å²) >= 11 is 1.19. The van der Waals surface area contributed by atoms with E-state index in [4.69, 9.17) is 9.73 Å². The molecule has 0 radical (unpaired) electrons. The molecule has 3 amide bonds. The van der Waals surface area contributed by atoms with Gasteiger partial charge in [0.15, 0.2) is 5.17 Å². The van der Waals surface area contributed by atoms with Crippen LogP contribution in [0.2, 0.25) is 0 Å². The molecule has 5 rings (SSSR count). The third-order valence-corrected chi connectivity index (χ3v) is 7.32. The molecular weight excluding hydrogens is 533 g/mol. The number of fused-ring (bicyclic) bond motifs is 3. The van der Waals surface area contributed by atoms with Crippen molar-refractivity contribution in [2.24, 2.45) is 9.98 Å². The predicted octanol–water partition coefficient (Wildman–Crippen LogP) is 4.26. The number of carbonyl (C=O) groups is 3. The minimum atomic E-state index is -0.733. The van der Waals surface area contributed by atoms with Crippen molar-refractivity contribution in [1.29, 1.82) is 0 Å². The molecule has 204 valence electrons. The lowest BCUT2D eigenvalue weighted by Crippen LogP contribution is -2.44. The first-order chi connectivity index (χ1) is 19.4. The van der Waals surface area contributed by atoms with Gasteiger partial charge >= 0.3 is 0 Å². The van der Waals surface area contributed by atoms with Crippen molar-refractivity contribution in [3.8, 4) is 5.75 Å². The van der Waals surface area contributed by atoms with Crippen molar-refractivity contribution < 1.29 is 23.5 Å². The second kappa shape index (κ2) is 12.1. The van der Waals surface area contributed by atoms with E-state index in [1.165, 1.54) is 31.0 Å². The largest absolute Gasteiger partial charge is 0.495 e. The Hall–Kier alpha value is -4.51. The van der Waals surface area contributed by atoms with Crippen LogP contribution in [0.1, 0.15) is 24.0 Å². The molecule has 2 heterocycles. The molecule has 1 atom stereocenters. The van der Waals surface area contributed by atoms with E-state index in [-0.39, 0.29) is 48.7 Å². The second-order valence-electron chi connectivity index (χ2n) is 9.05. The summed E-state index contributed by atoms with van der Waals surface area (Å²) < 4.78 is 18.4. The summed E-state index contributed by atoms with van der Waals surface area (Å²) in [5.74, 6) is -0.197. The van der Waals surface area contributed by atoms with Gasteiger partial charge in [-0.1, -0.05) is 48.2 Å². The molecule has 0 spiro atoms. The first-order valence-corrected chi connectivity index (χ1v) is 13.6. The molecule has 0 aliphatic carbocycles. The number of amides is 3. The first-order valence-electron chi connectivity index (χ1n) is 12.6. The number of amidine groups is 2. The molecule has 40 heavy (non-hydrogen) atoms. The number of hydrogen-bond donors (Lipinski definition) is 2. The highest BCUT2D eigenvalue weighted by atomic mass is 32.2. The summed E-state index contributed by atoms with van der Waals surface area (Å²) in [5.41, 5.74) is 2.68. The molecule has 0 fully saturated rings. The lowest BCUT2D eigenvalue weighted by atomic mass is 10.1. The third-order valence-electron chi connectivity index (χ3n) is 6.37. The molecule has 0 saturated heterocycles. The quantitative estimate of drug-likeness (QED) is 0.405. The summed E-state index contributed by atoms with van der Waals surface area (Å²) in [7, 11) is 1.53. The smallest absolute Gasteiger partial charge is 0.270 e. The van der Waals surface area contributed by atoms with E-state index in [2.05, 4.69) is 15.6 Å². The maximum Gasteiger partial charge on any atom is 0.270 e. The zero-order valence-electron chi connectivity index (χ0n) is 21.6. The maximum absolute atomic E-state index is 13.1. The summed E-state index contributed by atoms with van der Waals surface area (Å²) in [4.78, 5) is 49.1. The molecule has 9 nitrogen and oxygen atoms in total. The minimum Gasteiger partial charge on any atom is -0.495 e. The molecule has 3 aromatic carbocycles. The van der Waals surface area contributed by atoms with Gasteiger partial charge in [0.1, 0.15) is 23.4 Å². The highest BCUT2D eigenvalue weighted by Gasteiger charge is 2.41. The number of rotatable bonds is 9. The average Bonchev–Trinajstić information content (AvgIpc) is 3.31. The second-order valence-corrected chi connectivity index (χ2v) is 9.99. The number of nitrogens with one attached hydrogen (secondary N) is 2. The summed E-state index contributed by atoms with van der Waals surface area (Å²) in [6, 6.07) is 19.6. The number of para-hydroxylation sites is 3. The number of methoxy groups -OCH3 is 1. The number of halogens is 1. The number of thioether (sulfide) groups is 1. The molecule has 2 N–H and O–H groups in total. The lowest BCUT2D eigenvalue weighted by Gasteiger charge is -2.31. The van der Waals surface area contributed by atoms with Gasteiger partial charge in [-0.15, -0.1) is 0 Å². The molecule has 0 aromatic heterocycles. The number of nitrogens with zero attached hydrogens (tertiary/aromatic N) is 3. The van der Waals surface area contributed by atoms with Crippen LogP contribution in [0.15, 0.2) is 82.8 Å². The molecule has 0 saturated carbocycles.